The van der Waals surface area contributed by atoms with Gasteiger partial charge in [-0.05, 0) is 56.2 Å². The van der Waals surface area contributed by atoms with Crippen LogP contribution in [0.4, 0.5) is 0 Å². The van der Waals surface area contributed by atoms with Crippen LogP contribution in [0.1, 0.15) is 27.3 Å². The topological polar surface area (TPSA) is 89.7 Å². The molecule has 0 aliphatic carbocycles. The number of carbonyl (C=O) groups excluding carboxylic acids is 1. The molecule has 0 unspecified atom stereocenters. The first-order valence-electron chi connectivity index (χ1n) is 9.75. The molecule has 0 radical (unpaired) electrons. The first-order chi connectivity index (χ1) is 13.6. The maximum absolute atomic E-state index is 12.9. The first-order valence-corrected chi connectivity index (χ1v) is 9.73. The summed E-state index contributed by atoms with van der Waals surface area (Å²) >= 11 is 0. The third-order valence-corrected chi connectivity index (χ3v) is 6.15. The van der Waals surface area contributed by atoms with E-state index in [9.17, 15) is 13.2 Å². The Balaban J connectivity index is 1.72. The molecule has 2 N–H and O–H groups in total. The van der Waals surface area contributed by atoms with Crippen LogP contribution in [0, 0.1) is 0 Å². The molecule has 0 atom stereocenters. The highest BCUT2D eigenvalue weighted by Crippen LogP contribution is 2.26. The zero-order valence-corrected chi connectivity index (χ0v) is 14.9. The lowest BCUT2D eigenvalue weighted by atomic mass is 10.1. The number of benzene rings is 2. The van der Waals surface area contributed by atoms with Crippen LogP contribution in [0.2, 0.25) is 0 Å². The molecule has 1 aliphatic rings. The van der Waals surface area contributed by atoms with Gasteiger partial charge in [-0.15, -0.1) is 0 Å². The van der Waals surface area contributed by atoms with Gasteiger partial charge in [0, 0.05) is 17.2 Å². The Morgan fingerprint density at radius 3 is 2.42 bits per heavy atom. The quantitative estimate of drug-likeness (QED) is 0.862. The number of ether oxygens (including phenoxy) is 1. The zero-order chi connectivity index (χ0) is 21.2. The lowest BCUT2D eigenvalue weighted by molar-refractivity contribution is 0.0997. The number of amides is 1. The summed E-state index contributed by atoms with van der Waals surface area (Å²) in [6.45, 7) is -1.27. The second kappa shape index (κ2) is 7.47. The van der Waals surface area contributed by atoms with Crippen LogP contribution in [0.15, 0.2) is 58.3 Å². The second-order valence-corrected chi connectivity index (χ2v) is 8.06. The van der Waals surface area contributed by atoms with E-state index in [0.717, 1.165) is 0 Å². The van der Waals surface area contributed by atoms with Crippen molar-refractivity contribution in [2.75, 3.05) is 20.1 Å². The molecule has 1 heterocycles. The fourth-order valence-corrected chi connectivity index (χ4v) is 4.36. The smallest absolute Gasteiger partial charge is 0.250 e. The van der Waals surface area contributed by atoms with Crippen molar-refractivity contribution < 1.29 is 22.1 Å². The molecular weight excluding hydrogens is 352 g/mol. The van der Waals surface area contributed by atoms with Crippen molar-refractivity contribution in [2.45, 2.75) is 28.7 Å². The number of likely N-dealkylation sites (tertiary alicyclic amines) is 1. The Bertz CT molecular complexity index is 983. The molecular formula is C19H22N2O4S. The van der Waals surface area contributed by atoms with E-state index in [0.29, 0.717) is 31.7 Å². The molecule has 1 saturated heterocycles. The summed E-state index contributed by atoms with van der Waals surface area (Å²) in [4.78, 5) is 12.9. The summed E-state index contributed by atoms with van der Waals surface area (Å²) < 4.78 is 54.0. The third kappa shape index (κ3) is 3.89. The van der Waals surface area contributed by atoms with Gasteiger partial charge < -0.3 is 15.4 Å². The summed E-state index contributed by atoms with van der Waals surface area (Å²) in [5, 5.41) is 0. The molecule has 1 amide bonds. The number of primary amides is 1. The van der Waals surface area contributed by atoms with Crippen LogP contribution in [0.3, 0.4) is 0 Å². The van der Waals surface area contributed by atoms with E-state index >= 15 is 0 Å². The van der Waals surface area contributed by atoms with Crippen LogP contribution < -0.4 is 10.5 Å². The Morgan fingerprint density at radius 2 is 1.81 bits per heavy atom. The van der Waals surface area contributed by atoms with Crippen LogP contribution >= 0.6 is 0 Å². The Hall–Kier alpha value is -2.38. The highest BCUT2D eigenvalue weighted by Gasteiger charge is 2.23. The highest BCUT2D eigenvalue weighted by molar-refractivity contribution is 7.91. The lowest BCUT2D eigenvalue weighted by Gasteiger charge is -2.29. The van der Waals surface area contributed by atoms with Gasteiger partial charge in [0.25, 0.3) is 0 Å². The second-order valence-electron chi connectivity index (χ2n) is 6.14. The molecule has 1 aliphatic heterocycles. The Morgan fingerprint density at radius 1 is 1.15 bits per heavy atom. The van der Waals surface area contributed by atoms with E-state index in [1.54, 1.807) is 18.2 Å². The molecule has 26 heavy (non-hydrogen) atoms. The van der Waals surface area contributed by atoms with Crippen molar-refractivity contribution in [3.05, 3.63) is 54.1 Å². The zero-order valence-electron chi connectivity index (χ0n) is 17.1. The average molecular weight is 377 g/mol. The van der Waals surface area contributed by atoms with Crippen molar-refractivity contribution in [1.82, 2.24) is 4.90 Å². The number of nitrogens with zero attached hydrogens (tertiary/aromatic N) is 1. The number of hydrogen-bond acceptors (Lipinski definition) is 5. The summed E-state index contributed by atoms with van der Waals surface area (Å²) in [7, 11) is -3.91. The van der Waals surface area contributed by atoms with E-state index in [2.05, 4.69) is 0 Å². The number of rotatable bonds is 5. The van der Waals surface area contributed by atoms with Crippen molar-refractivity contribution in [3.63, 3.8) is 0 Å². The summed E-state index contributed by atoms with van der Waals surface area (Å²) in [5.41, 5.74) is 5.23. The SMILES string of the molecule is [2H]C([2H])([2H])N1CCC(Oc2ccc(S(=O)(=O)c3ccccc3C(N)=O)cc2)CC1. The lowest BCUT2D eigenvalue weighted by Crippen LogP contribution is -2.35. The molecule has 1 fully saturated rings. The fraction of sp³-hybridized carbons (Fsp3) is 0.316. The minimum atomic E-state index is -3.91. The Labute approximate surface area is 157 Å². The molecule has 2 aromatic carbocycles. The van der Waals surface area contributed by atoms with E-state index in [1.165, 1.54) is 35.2 Å². The maximum atomic E-state index is 12.9. The standard InChI is InChI=1S/C19H22N2O4S/c1-21-12-10-15(11-13-21)25-14-6-8-16(9-7-14)26(23,24)18-5-3-2-4-17(18)19(20)22/h2-9,15H,10-13H2,1H3,(H2,20,22)/i1D3. The number of nitrogens with two attached hydrogens (primary N) is 1. The molecule has 138 valence electrons. The molecule has 6 nitrogen and oxygen atoms in total. The minimum Gasteiger partial charge on any atom is -0.490 e. The van der Waals surface area contributed by atoms with Gasteiger partial charge in [-0.25, -0.2) is 8.42 Å². The molecule has 0 spiro atoms. The molecule has 7 heteroatoms. The Kier molecular flexibility index (Phi) is 4.24. The van der Waals surface area contributed by atoms with Crippen LogP contribution in [0.25, 0.3) is 0 Å². The molecule has 2 aromatic rings. The van der Waals surface area contributed by atoms with Crippen LogP contribution in [0.5, 0.6) is 5.75 Å². The predicted octanol–water partition coefficient (Wildman–Crippen LogP) is 2.09. The molecule has 3 rings (SSSR count). The molecule has 0 bridgehead atoms. The van der Waals surface area contributed by atoms with Crippen LogP contribution in [-0.2, 0) is 9.84 Å². The van der Waals surface area contributed by atoms with E-state index in [-0.39, 0.29) is 21.5 Å². The summed E-state index contributed by atoms with van der Waals surface area (Å²) in [6.07, 6.45) is 1.01. The van der Waals surface area contributed by atoms with E-state index in [4.69, 9.17) is 14.6 Å². The number of hydrogen-bond donors (Lipinski definition) is 1. The molecule has 0 saturated carbocycles. The van der Waals surface area contributed by atoms with Gasteiger partial charge in [0.15, 0.2) is 0 Å². The van der Waals surface area contributed by atoms with E-state index in [1.807, 2.05) is 0 Å². The summed E-state index contributed by atoms with van der Waals surface area (Å²) in [5.74, 6) is -0.313. The third-order valence-electron chi connectivity index (χ3n) is 4.32. The van der Waals surface area contributed by atoms with Gasteiger partial charge in [-0.2, -0.15) is 0 Å². The van der Waals surface area contributed by atoms with Crippen molar-refractivity contribution in [2.24, 2.45) is 5.73 Å². The van der Waals surface area contributed by atoms with Gasteiger partial charge in [0.1, 0.15) is 11.9 Å². The van der Waals surface area contributed by atoms with Gasteiger partial charge in [-0.1, -0.05) is 12.1 Å². The molecule has 0 aromatic heterocycles. The monoisotopic (exact) mass is 377 g/mol. The van der Waals surface area contributed by atoms with Gasteiger partial charge in [0.05, 0.1) is 15.4 Å². The van der Waals surface area contributed by atoms with E-state index < -0.39 is 22.7 Å². The maximum Gasteiger partial charge on any atom is 0.250 e. The summed E-state index contributed by atoms with van der Waals surface area (Å²) in [6, 6.07) is 11.7. The predicted molar refractivity (Wildman–Crippen MR) is 98.0 cm³/mol. The van der Waals surface area contributed by atoms with Gasteiger partial charge in [0.2, 0.25) is 15.7 Å². The fourth-order valence-electron chi connectivity index (χ4n) is 2.89. The van der Waals surface area contributed by atoms with Gasteiger partial charge >= 0.3 is 0 Å². The minimum absolute atomic E-state index is 0.0239. The number of piperidine rings is 1. The normalized spacial score (nSPS) is 18.5. The largest absolute Gasteiger partial charge is 0.490 e. The van der Waals surface area contributed by atoms with Crippen LogP contribution in [-0.4, -0.2) is 45.4 Å². The van der Waals surface area contributed by atoms with Gasteiger partial charge in [-0.3, -0.25) is 4.79 Å². The van der Waals surface area contributed by atoms with Crippen molar-refractivity contribution in [3.8, 4) is 5.75 Å². The van der Waals surface area contributed by atoms with Crippen molar-refractivity contribution in [1.29, 1.82) is 0 Å². The first kappa shape index (κ1) is 14.8. The van der Waals surface area contributed by atoms with Crippen molar-refractivity contribution >= 4 is 15.7 Å². The number of carbonyl (C=O) groups is 1. The highest BCUT2D eigenvalue weighted by atomic mass is 32.2. The average Bonchev–Trinajstić information content (AvgIpc) is 2.68. The number of sulfone groups is 1.